The van der Waals surface area contributed by atoms with E-state index >= 15 is 0 Å². The van der Waals surface area contributed by atoms with Gasteiger partial charge in [-0.3, -0.25) is 0 Å². The number of nitrogens with one attached hydrogen (secondary N) is 1. The van der Waals surface area contributed by atoms with Crippen molar-refractivity contribution < 1.29 is 12.8 Å². The van der Waals surface area contributed by atoms with Crippen LogP contribution in [0.4, 0.5) is 4.39 Å². The summed E-state index contributed by atoms with van der Waals surface area (Å²) in [6.45, 7) is 4.48. The monoisotopic (exact) mass is 288 g/mol. The number of benzene rings is 1. The molecule has 0 saturated heterocycles. The molecule has 0 aromatic heterocycles. The van der Waals surface area contributed by atoms with Crippen molar-refractivity contribution in [3.63, 3.8) is 0 Å². The molecular formula is C13H21FN2O2S. The summed E-state index contributed by atoms with van der Waals surface area (Å²) in [5.74, 6) is -0.353. The fraction of sp³-hybridized carbons (Fsp3) is 0.538. The first-order valence-electron chi connectivity index (χ1n) is 6.36. The van der Waals surface area contributed by atoms with Crippen molar-refractivity contribution in [1.82, 2.24) is 4.72 Å². The Kier molecular flexibility index (Phi) is 5.90. The highest BCUT2D eigenvalue weighted by molar-refractivity contribution is 7.89. The Bertz CT molecular complexity index is 517. The van der Waals surface area contributed by atoms with E-state index in [2.05, 4.69) is 4.72 Å². The van der Waals surface area contributed by atoms with E-state index in [4.69, 9.17) is 5.73 Å². The van der Waals surface area contributed by atoms with E-state index in [0.29, 0.717) is 18.7 Å². The molecule has 0 amide bonds. The maximum atomic E-state index is 13.2. The van der Waals surface area contributed by atoms with Crippen molar-refractivity contribution in [3.05, 3.63) is 29.6 Å². The van der Waals surface area contributed by atoms with E-state index < -0.39 is 15.8 Å². The molecule has 0 spiro atoms. The molecule has 1 aromatic rings. The lowest BCUT2D eigenvalue weighted by Crippen LogP contribution is -2.30. The second-order valence-corrected chi connectivity index (χ2v) is 6.35. The van der Waals surface area contributed by atoms with E-state index in [1.165, 1.54) is 12.1 Å². The average Bonchev–Trinajstić information content (AvgIpc) is 2.37. The van der Waals surface area contributed by atoms with E-state index in [1.54, 1.807) is 6.92 Å². The van der Waals surface area contributed by atoms with E-state index in [9.17, 15) is 12.8 Å². The molecule has 0 radical (unpaired) electrons. The first-order valence-corrected chi connectivity index (χ1v) is 7.85. The zero-order chi connectivity index (χ0) is 14.5. The van der Waals surface area contributed by atoms with Gasteiger partial charge in [-0.15, -0.1) is 0 Å². The van der Waals surface area contributed by atoms with Crippen molar-refractivity contribution in [2.24, 2.45) is 11.7 Å². The van der Waals surface area contributed by atoms with Gasteiger partial charge in [-0.1, -0.05) is 19.4 Å². The van der Waals surface area contributed by atoms with Crippen LogP contribution < -0.4 is 10.5 Å². The second-order valence-electron chi connectivity index (χ2n) is 4.61. The minimum absolute atomic E-state index is 0.00454. The van der Waals surface area contributed by atoms with Crippen molar-refractivity contribution in [2.45, 2.75) is 31.6 Å². The molecule has 0 aliphatic heterocycles. The number of nitrogens with two attached hydrogens (primary N) is 1. The lowest BCUT2D eigenvalue weighted by atomic mass is 10.0. The Morgan fingerprint density at radius 2 is 2.11 bits per heavy atom. The number of hydrogen-bond acceptors (Lipinski definition) is 3. The molecule has 6 heteroatoms. The topological polar surface area (TPSA) is 72.2 Å². The van der Waals surface area contributed by atoms with Crippen LogP contribution in [-0.4, -0.2) is 21.5 Å². The molecule has 1 aromatic carbocycles. The maximum Gasteiger partial charge on any atom is 0.240 e. The fourth-order valence-corrected chi connectivity index (χ4v) is 3.23. The molecule has 0 bridgehead atoms. The van der Waals surface area contributed by atoms with Crippen molar-refractivity contribution in [1.29, 1.82) is 0 Å². The lowest BCUT2D eigenvalue weighted by Gasteiger charge is -2.15. The van der Waals surface area contributed by atoms with Gasteiger partial charge in [0.15, 0.2) is 0 Å². The van der Waals surface area contributed by atoms with Crippen LogP contribution in [0, 0.1) is 18.7 Å². The van der Waals surface area contributed by atoms with Gasteiger partial charge in [0, 0.05) is 6.54 Å². The smallest absolute Gasteiger partial charge is 0.240 e. The van der Waals surface area contributed by atoms with Crippen LogP contribution >= 0.6 is 0 Å². The molecular weight excluding hydrogens is 267 g/mol. The van der Waals surface area contributed by atoms with Gasteiger partial charge in [0.1, 0.15) is 5.82 Å². The van der Waals surface area contributed by atoms with Gasteiger partial charge in [-0.25, -0.2) is 17.5 Å². The summed E-state index contributed by atoms with van der Waals surface area (Å²) >= 11 is 0. The predicted molar refractivity (Wildman–Crippen MR) is 73.8 cm³/mol. The molecule has 1 rings (SSSR count). The third kappa shape index (κ3) is 4.56. The molecule has 0 saturated carbocycles. The second kappa shape index (κ2) is 6.98. The van der Waals surface area contributed by atoms with E-state index in [0.717, 1.165) is 18.9 Å². The van der Waals surface area contributed by atoms with E-state index in [-0.39, 0.29) is 10.8 Å². The Balaban J connectivity index is 2.83. The summed E-state index contributed by atoms with van der Waals surface area (Å²) in [4.78, 5) is -0.00454. The SMILES string of the molecule is CCC(CCN)CNS(=O)(=O)c1cc(F)ccc1C. The van der Waals surface area contributed by atoms with Crippen molar-refractivity contribution in [2.75, 3.05) is 13.1 Å². The first kappa shape index (κ1) is 16.1. The molecule has 1 unspecified atom stereocenters. The summed E-state index contributed by atoms with van der Waals surface area (Å²) in [7, 11) is -3.67. The lowest BCUT2D eigenvalue weighted by molar-refractivity contribution is 0.465. The van der Waals surface area contributed by atoms with Gasteiger partial charge in [-0.05, 0) is 43.5 Å². The highest BCUT2D eigenvalue weighted by Gasteiger charge is 2.18. The third-order valence-electron chi connectivity index (χ3n) is 3.15. The van der Waals surface area contributed by atoms with Gasteiger partial charge in [0.05, 0.1) is 4.90 Å². The molecule has 3 N–H and O–H groups in total. The Labute approximate surface area is 114 Å². The highest BCUT2D eigenvalue weighted by atomic mass is 32.2. The standard InChI is InChI=1S/C13H21FN2O2S/c1-3-11(6-7-15)9-16-19(17,18)13-8-12(14)5-4-10(13)2/h4-5,8,11,16H,3,6-7,9,15H2,1-2H3. The molecule has 108 valence electrons. The van der Waals surface area contributed by atoms with Gasteiger partial charge in [-0.2, -0.15) is 0 Å². The molecule has 1 atom stereocenters. The van der Waals surface area contributed by atoms with Crippen LogP contribution in [0.25, 0.3) is 0 Å². The van der Waals surface area contributed by atoms with E-state index in [1.807, 2.05) is 6.92 Å². The van der Waals surface area contributed by atoms with Crippen LogP contribution in [0.3, 0.4) is 0 Å². The summed E-state index contributed by atoms with van der Waals surface area (Å²) < 4.78 is 39.9. The normalized spacial score (nSPS) is 13.5. The molecule has 4 nitrogen and oxygen atoms in total. The van der Waals surface area contributed by atoms with Gasteiger partial charge >= 0.3 is 0 Å². The van der Waals surface area contributed by atoms with Crippen molar-refractivity contribution >= 4 is 10.0 Å². The largest absolute Gasteiger partial charge is 0.330 e. The zero-order valence-electron chi connectivity index (χ0n) is 11.3. The average molecular weight is 288 g/mol. The number of sulfonamides is 1. The Hall–Kier alpha value is -0.980. The zero-order valence-corrected chi connectivity index (χ0v) is 12.1. The quantitative estimate of drug-likeness (QED) is 0.803. The number of hydrogen-bond donors (Lipinski definition) is 2. The molecule has 0 heterocycles. The molecule has 0 fully saturated rings. The van der Waals surface area contributed by atoms with Gasteiger partial charge in [0.25, 0.3) is 0 Å². The number of halogens is 1. The minimum atomic E-state index is -3.67. The molecule has 19 heavy (non-hydrogen) atoms. The highest BCUT2D eigenvalue weighted by Crippen LogP contribution is 2.17. The predicted octanol–water partition coefficient (Wildman–Crippen LogP) is 1.79. The van der Waals surface area contributed by atoms with Crippen LogP contribution in [0.15, 0.2) is 23.1 Å². The number of aryl methyl sites for hydroxylation is 1. The summed E-state index contributed by atoms with van der Waals surface area (Å²) in [5, 5.41) is 0. The summed E-state index contributed by atoms with van der Waals surface area (Å²) in [5.41, 5.74) is 6.00. The maximum absolute atomic E-state index is 13.2. The first-order chi connectivity index (χ1) is 8.90. The fourth-order valence-electron chi connectivity index (χ4n) is 1.85. The molecule has 0 aliphatic carbocycles. The Morgan fingerprint density at radius 3 is 2.68 bits per heavy atom. The Morgan fingerprint density at radius 1 is 1.42 bits per heavy atom. The summed E-state index contributed by atoms with van der Waals surface area (Å²) in [6.07, 6.45) is 1.61. The van der Waals surface area contributed by atoms with Crippen molar-refractivity contribution in [3.8, 4) is 0 Å². The van der Waals surface area contributed by atoms with Crippen LogP contribution in [0.2, 0.25) is 0 Å². The van der Waals surface area contributed by atoms with Crippen LogP contribution in [0.5, 0.6) is 0 Å². The summed E-state index contributed by atoms with van der Waals surface area (Å²) in [6, 6.07) is 3.75. The number of rotatable bonds is 7. The minimum Gasteiger partial charge on any atom is -0.330 e. The van der Waals surface area contributed by atoms with Gasteiger partial charge in [0.2, 0.25) is 10.0 Å². The third-order valence-corrected chi connectivity index (χ3v) is 4.72. The van der Waals surface area contributed by atoms with Crippen LogP contribution in [-0.2, 0) is 10.0 Å². The van der Waals surface area contributed by atoms with Gasteiger partial charge < -0.3 is 5.73 Å². The molecule has 0 aliphatic rings. The van der Waals surface area contributed by atoms with Crippen LogP contribution in [0.1, 0.15) is 25.3 Å².